The molecule has 1 rings (SSSR count). The van der Waals surface area contributed by atoms with Crippen LogP contribution >= 0.6 is 11.6 Å². The number of rotatable bonds is 6. The van der Waals surface area contributed by atoms with Crippen molar-refractivity contribution in [2.45, 2.75) is 13.0 Å². The SMILES string of the molecule is COC(=O)[C@H](CO)NC(=O)COc1ccc(Cl)c(C)c1. The number of carbonyl (C=O) groups is 2. The summed E-state index contributed by atoms with van der Waals surface area (Å²) < 4.78 is 9.68. The van der Waals surface area contributed by atoms with Crippen LogP contribution < -0.4 is 10.1 Å². The summed E-state index contributed by atoms with van der Waals surface area (Å²) in [7, 11) is 1.17. The van der Waals surface area contributed by atoms with E-state index in [0.29, 0.717) is 10.8 Å². The number of nitrogens with one attached hydrogen (secondary N) is 1. The van der Waals surface area contributed by atoms with Gasteiger partial charge in [-0.3, -0.25) is 4.79 Å². The fourth-order valence-electron chi connectivity index (χ4n) is 1.41. The number of aryl methyl sites for hydroxylation is 1. The molecule has 2 N–H and O–H groups in total. The number of carbonyl (C=O) groups excluding carboxylic acids is 2. The highest BCUT2D eigenvalue weighted by atomic mass is 35.5. The molecule has 0 bridgehead atoms. The number of ether oxygens (including phenoxy) is 2. The molecule has 20 heavy (non-hydrogen) atoms. The largest absolute Gasteiger partial charge is 0.484 e. The zero-order valence-electron chi connectivity index (χ0n) is 11.2. The van der Waals surface area contributed by atoms with Crippen molar-refractivity contribution in [2.75, 3.05) is 20.3 Å². The molecule has 0 aromatic heterocycles. The number of aliphatic hydroxyl groups is 1. The average molecular weight is 302 g/mol. The Labute approximate surface area is 121 Å². The van der Waals surface area contributed by atoms with E-state index in [9.17, 15) is 9.59 Å². The van der Waals surface area contributed by atoms with E-state index in [0.717, 1.165) is 5.56 Å². The number of amides is 1. The van der Waals surface area contributed by atoms with Crippen LogP contribution in [0.4, 0.5) is 0 Å². The summed E-state index contributed by atoms with van der Waals surface area (Å²) in [6.07, 6.45) is 0. The Hall–Kier alpha value is -1.79. The maximum atomic E-state index is 11.6. The molecule has 0 saturated carbocycles. The molecular formula is C13H16ClNO5. The molecule has 0 fully saturated rings. The lowest BCUT2D eigenvalue weighted by Gasteiger charge is -2.14. The van der Waals surface area contributed by atoms with E-state index in [1.54, 1.807) is 18.2 Å². The van der Waals surface area contributed by atoms with E-state index in [-0.39, 0.29) is 6.61 Å². The molecule has 0 aliphatic carbocycles. The second-order valence-electron chi connectivity index (χ2n) is 4.03. The summed E-state index contributed by atoms with van der Waals surface area (Å²) in [6, 6.07) is 3.89. The molecule has 0 aliphatic heterocycles. The highest BCUT2D eigenvalue weighted by Gasteiger charge is 2.20. The molecule has 0 aliphatic rings. The monoisotopic (exact) mass is 301 g/mol. The summed E-state index contributed by atoms with van der Waals surface area (Å²) in [6.45, 7) is 0.987. The van der Waals surface area contributed by atoms with Gasteiger partial charge < -0.3 is 19.9 Å². The third-order valence-corrected chi connectivity index (χ3v) is 2.93. The van der Waals surface area contributed by atoms with Gasteiger partial charge in [-0.15, -0.1) is 0 Å². The lowest BCUT2D eigenvalue weighted by atomic mass is 10.2. The van der Waals surface area contributed by atoms with Crippen LogP contribution in [0, 0.1) is 6.92 Å². The van der Waals surface area contributed by atoms with E-state index in [1.165, 1.54) is 7.11 Å². The Bertz CT molecular complexity index is 492. The van der Waals surface area contributed by atoms with Crippen molar-refractivity contribution in [3.63, 3.8) is 0 Å². The quantitative estimate of drug-likeness (QED) is 0.755. The Kier molecular flexibility index (Phi) is 6.27. The molecule has 0 unspecified atom stereocenters. The first-order valence-corrected chi connectivity index (χ1v) is 6.22. The molecule has 0 saturated heterocycles. The van der Waals surface area contributed by atoms with Crippen LogP contribution in [0.2, 0.25) is 5.02 Å². The summed E-state index contributed by atoms with van der Waals surface area (Å²) >= 11 is 5.87. The van der Waals surface area contributed by atoms with E-state index in [2.05, 4.69) is 10.1 Å². The Morgan fingerprint density at radius 2 is 2.15 bits per heavy atom. The molecule has 1 amide bonds. The molecular weight excluding hydrogens is 286 g/mol. The van der Waals surface area contributed by atoms with Crippen molar-refractivity contribution in [3.8, 4) is 5.75 Å². The molecule has 0 radical (unpaired) electrons. The average Bonchev–Trinajstić information content (AvgIpc) is 2.45. The second-order valence-corrected chi connectivity index (χ2v) is 4.43. The van der Waals surface area contributed by atoms with Gasteiger partial charge in [0.2, 0.25) is 0 Å². The third-order valence-electron chi connectivity index (χ3n) is 2.50. The van der Waals surface area contributed by atoms with Crippen LogP contribution in [-0.2, 0) is 14.3 Å². The minimum Gasteiger partial charge on any atom is -0.484 e. The van der Waals surface area contributed by atoms with Crippen LogP contribution in [0.15, 0.2) is 18.2 Å². The minimum atomic E-state index is -1.09. The van der Waals surface area contributed by atoms with E-state index in [1.807, 2.05) is 6.92 Å². The predicted molar refractivity (Wildman–Crippen MR) is 72.7 cm³/mol. The van der Waals surface area contributed by atoms with Crippen LogP contribution in [0.25, 0.3) is 0 Å². The normalized spacial score (nSPS) is 11.6. The van der Waals surface area contributed by atoms with Crippen molar-refractivity contribution in [3.05, 3.63) is 28.8 Å². The molecule has 110 valence electrons. The van der Waals surface area contributed by atoms with Gasteiger partial charge in [-0.1, -0.05) is 11.6 Å². The topological polar surface area (TPSA) is 84.9 Å². The Morgan fingerprint density at radius 3 is 2.70 bits per heavy atom. The van der Waals surface area contributed by atoms with Gasteiger partial charge >= 0.3 is 5.97 Å². The van der Waals surface area contributed by atoms with Crippen LogP contribution in [0.3, 0.4) is 0 Å². The molecule has 0 heterocycles. The molecule has 1 atom stereocenters. The molecule has 1 aromatic rings. The summed E-state index contributed by atoms with van der Waals surface area (Å²) in [5, 5.41) is 11.9. The second kappa shape index (κ2) is 7.72. The smallest absolute Gasteiger partial charge is 0.330 e. The molecule has 0 spiro atoms. The predicted octanol–water partition coefficient (Wildman–Crippen LogP) is 0.677. The molecule has 6 nitrogen and oxygen atoms in total. The van der Waals surface area contributed by atoms with E-state index < -0.39 is 24.5 Å². The highest BCUT2D eigenvalue weighted by molar-refractivity contribution is 6.31. The van der Waals surface area contributed by atoms with Gasteiger partial charge in [0, 0.05) is 5.02 Å². The fraction of sp³-hybridized carbons (Fsp3) is 0.385. The summed E-state index contributed by atoms with van der Waals surface area (Å²) in [4.78, 5) is 22.8. The number of methoxy groups -OCH3 is 1. The van der Waals surface area contributed by atoms with Gasteiger partial charge in [0.25, 0.3) is 5.91 Å². The van der Waals surface area contributed by atoms with Gasteiger partial charge in [-0.25, -0.2) is 4.79 Å². The van der Waals surface area contributed by atoms with Crippen LogP contribution in [0.1, 0.15) is 5.56 Å². The maximum absolute atomic E-state index is 11.6. The fourth-order valence-corrected chi connectivity index (χ4v) is 1.53. The van der Waals surface area contributed by atoms with Gasteiger partial charge in [0.15, 0.2) is 12.6 Å². The van der Waals surface area contributed by atoms with Crippen molar-refractivity contribution >= 4 is 23.5 Å². The standard InChI is InChI=1S/C13H16ClNO5/c1-8-5-9(3-4-10(8)14)20-7-12(17)15-11(6-16)13(18)19-2/h3-5,11,16H,6-7H2,1-2H3,(H,15,17)/t11-/m0/s1. The number of hydrogen-bond donors (Lipinski definition) is 2. The first-order valence-electron chi connectivity index (χ1n) is 5.85. The maximum Gasteiger partial charge on any atom is 0.330 e. The summed E-state index contributed by atoms with van der Waals surface area (Å²) in [5.41, 5.74) is 0.826. The number of aliphatic hydroxyl groups excluding tert-OH is 1. The highest BCUT2D eigenvalue weighted by Crippen LogP contribution is 2.20. The number of benzene rings is 1. The Balaban J connectivity index is 2.50. The van der Waals surface area contributed by atoms with Crippen molar-refractivity contribution in [2.24, 2.45) is 0 Å². The number of halogens is 1. The summed E-state index contributed by atoms with van der Waals surface area (Å²) in [5.74, 6) is -0.772. The van der Waals surface area contributed by atoms with Gasteiger partial charge in [0.05, 0.1) is 13.7 Å². The first kappa shape index (κ1) is 16.3. The van der Waals surface area contributed by atoms with Crippen LogP contribution in [0.5, 0.6) is 5.75 Å². The number of hydrogen-bond acceptors (Lipinski definition) is 5. The van der Waals surface area contributed by atoms with Gasteiger partial charge in [-0.05, 0) is 30.7 Å². The third kappa shape index (κ3) is 4.71. The van der Waals surface area contributed by atoms with Crippen molar-refractivity contribution in [1.82, 2.24) is 5.32 Å². The van der Waals surface area contributed by atoms with Gasteiger partial charge in [-0.2, -0.15) is 0 Å². The van der Waals surface area contributed by atoms with Gasteiger partial charge in [0.1, 0.15) is 5.75 Å². The lowest BCUT2D eigenvalue weighted by molar-refractivity contribution is -0.146. The molecule has 1 aromatic carbocycles. The first-order chi connectivity index (χ1) is 9.47. The zero-order valence-corrected chi connectivity index (χ0v) is 11.9. The lowest BCUT2D eigenvalue weighted by Crippen LogP contribution is -2.45. The van der Waals surface area contributed by atoms with E-state index >= 15 is 0 Å². The van der Waals surface area contributed by atoms with Crippen LogP contribution in [-0.4, -0.2) is 43.3 Å². The Morgan fingerprint density at radius 1 is 1.45 bits per heavy atom. The molecule has 7 heteroatoms. The van der Waals surface area contributed by atoms with Crippen molar-refractivity contribution in [1.29, 1.82) is 0 Å². The van der Waals surface area contributed by atoms with E-state index in [4.69, 9.17) is 21.4 Å². The number of esters is 1. The minimum absolute atomic E-state index is 0.283. The van der Waals surface area contributed by atoms with Crippen molar-refractivity contribution < 1.29 is 24.2 Å². The zero-order chi connectivity index (χ0) is 15.1.